The number of sulfonamides is 1. The van der Waals surface area contributed by atoms with Crippen molar-refractivity contribution in [3.8, 4) is 11.5 Å². The molecule has 1 aliphatic heterocycles. The summed E-state index contributed by atoms with van der Waals surface area (Å²) in [6.07, 6.45) is 1.69. The molecular weight excluding hydrogens is 404 g/mol. The van der Waals surface area contributed by atoms with E-state index in [1.807, 2.05) is 0 Å². The normalized spacial score (nSPS) is 13.4. The number of halogens is 1. The van der Waals surface area contributed by atoms with Gasteiger partial charge in [0, 0.05) is 24.7 Å². The van der Waals surface area contributed by atoms with Crippen LogP contribution >= 0.6 is 11.6 Å². The molecule has 0 atom stereocenters. The van der Waals surface area contributed by atoms with Gasteiger partial charge in [0.15, 0.2) is 0 Å². The van der Waals surface area contributed by atoms with Crippen LogP contribution in [0.25, 0.3) is 6.08 Å². The van der Waals surface area contributed by atoms with Gasteiger partial charge in [0.2, 0.25) is 10.0 Å². The van der Waals surface area contributed by atoms with E-state index in [9.17, 15) is 13.2 Å². The molecule has 1 aliphatic rings. The minimum atomic E-state index is -3.66. The first-order chi connectivity index (χ1) is 13.2. The Morgan fingerprint density at radius 1 is 1.21 bits per heavy atom. The monoisotopic (exact) mass is 422 g/mol. The third kappa shape index (κ3) is 3.99. The molecule has 0 aliphatic carbocycles. The highest BCUT2D eigenvalue weighted by Gasteiger charge is 2.22. The minimum absolute atomic E-state index is 0.0413. The molecule has 0 saturated carbocycles. The van der Waals surface area contributed by atoms with Gasteiger partial charge in [0.05, 0.1) is 23.3 Å². The lowest BCUT2D eigenvalue weighted by Crippen LogP contribution is -2.23. The molecule has 2 aromatic carbocycles. The highest BCUT2D eigenvalue weighted by atomic mass is 35.5. The van der Waals surface area contributed by atoms with Gasteiger partial charge in [-0.3, -0.25) is 4.79 Å². The Kier molecular flexibility index (Phi) is 5.64. The van der Waals surface area contributed by atoms with Crippen molar-refractivity contribution in [2.24, 2.45) is 0 Å². The van der Waals surface area contributed by atoms with Crippen LogP contribution in [0.3, 0.4) is 0 Å². The molecule has 0 saturated heterocycles. The number of amides is 1. The van der Waals surface area contributed by atoms with Gasteiger partial charge >= 0.3 is 0 Å². The fourth-order valence-corrected chi connectivity index (χ4v) is 3.75. The molecule has 148 valence electrons. The Labute approximate surface area is 168 Å². The molecule has 3 rings (SSSR count). The van der Waals surface area contributed by atoms with Gasteiger partial charge in [0.1, 0.15) is 18.1 Å². The van der Waals surface area contributed by atoms with E-state index in [0.29, 0.717) is 27.7 Å². The summed E-state index contributed by atoms with van der Waals surface area (Å²) in [6.45, 7) is 0.0818. The third-order valence-corrected chi connectivity index (χ3v) is 6.22. The smallest absolute Gasteiger partial charge is 0.255 e. The van der Waals surface area contributed by atoms with Gasteiger partial charge < -0.3 is 14.8 Å². The molecule has 28 heavy (non-hydrogen) atoms. The number of rotatable bonds is 5. The van der Waals surface area contributed by atoms with Gasteiger partial charge in [-0.15, -0.1) is 0 Å². The Morgan fingerprint density at radius 3 is 2.64 bits per heavy atom. The van der Waals surface area contributed by atoms with E-state index in [0.717, 1.165) is 4.31 Å². The average molecular weight is 423 g/mol. The molecule has 0 unspecified atom stereocenters. The number of carbonyl (C=O) groups excluding carboxylic acids is 1. The number of carbonyl (C=O) groups is 1. The second-order valence-corrected chi connectivity index (χ2v) is 8.83. The predicted molar refractivity (Wildman–Crippen MR) is 107 cm³/mol. The highest BCUT2D eigenvalue weighted by molar-refractivity contribution is 7.89. The predicted octanol–water partition coefficient (Wildman–Crippen LogP) is 3.01. The molecule has 7 nitrogen and oxygen atoms in total. The molecular formula is C19H19ClN2O5S. The quantitative estimate of drug-likeness (QED) is 0.800. The number of hydrogen-bond acceptors (Lipinski definition) is 5. The van der Waals surface area contributed by atoms with E-state index in [4.69, 9.17) is 21.1 Å². The van der Waals surface area contributed by atoms with Crippen molar-refractivity contribution in [1.82, 2.24) is 4.31 Å². The van der Waals surface area contributed by atoms with Gasteiger partial charge in [-0.05, 0) is 42.5 Å². The van der Waals surface area contributed by atoms with Crippen molar-refractivity contribution >= 4 is 39.3 Å². The van der Waals surface area contributed by atoms with E-state index < -0.39 is 15.9 Å². The lowest BCUT2D eigenvalue weighted by Gasteiger charge is -2.19. The Bertz CT molecular complexity index is 1060. The molecule has 0 fully saturated rings. The van der Waals surface area contributed by atoms with E-state index in [-0.39, 0.29) is 17.2 Å². The lowest BCUT2D eigenvalue weighted by atomic mass is 10.1. The molecule has 0 spiro atoms. The molecule has 0 aromatic heterocycles. The second kappa shape index (κ2) is 7.83. The van der Waals surface area contributed by atoms with Crippen LogP contribution in [0, 0.1) is 0 Å². The second-order valence-electron chi connectivity index (χ2n) is 6.24. The lowest BCUT2D eigenvalue weighted by molar-refractivity contribution is -0.113. The van der Waals surface area contributed by atoms with Crippen molar-refractivity contribution in [2.45, 2.75) is 4.90 Å². The number of methoxy groups -OCH3 is 1. The molecule has 1 heterocycles. The van der Waals surface area contributed by atoms with E-state index in [1.54, 1.807) is 24.3 Å². The van der Waals surface area contributed by atoms with Crippen LogP contribution < -0.4 is 14.8 Å². The Balaban J connectivity index is 1.92. The summed E-state index contributed by atoms with van der Waals surface area (Å²) in [5, 5.41) is 3.23. The topological polar surface area (TPSA) is 84.9 Å². The van der Waals surface area contributed by atoms with Gasteiger partial charge in [0.25, 0.3) is 5.91 Å². The summed E-state index contributed by atoms with van der Waals surface area (Å²) < 4.78 is 36.7. The minimum Gasteiger partial charge on any atom is -0.495 e. The molecule has 2 aromatic rings. The van der Waals surface area contributed by atoms with Crippen molar-refractivity contribution in [3.05, 3.63) is 52.6 Å². The zero-order valence-electron chi connectivity index (χ0n) is 15.5. The van der Waals surface area contributed by atoms with Crippen molar-refractivity contribution in [1.29, 1.82) is 0 Å². The van der Waals surface area contributed by atoms with Gasteiger partial charge in [-0.2, -0.15) is 0 Å². The fourth-order valence-electron chi connectivity index (χ4n) is 2.64. The number of benzene rings is 2. The van der Waals surface area contributed by atoms with Crippen LogP contribution in [0.5, 0.6) is 11.5 Å². The fraction of sp³-hybridized carbons (Fsp3) is 0.211. The van der Waals surface area contributed by atoms with E-state index in [2.05, 4.69) is 5.32 Å². The molecule has 1 amide bonds. The molecule has 1 N–H and O–H groups in total. The molecule has 0 radical (unpaired) electrons. The molecule has 0 bridgehead atoms. The van der Waals surface area contributed by atoms with E-state index in [1.165, 1.54) is 39.4 Å². The van der Waals surface area contributed by atoms with Crippen molar-refractivity contribution in [3.63, 3.8) is 0 Å². The van der Waals surface area contributed by atoms with Gasteiger partial charge in [-0.1, -0.05) is 11.6 Å². The Morgan fingerprint density at radius 2 is 1.96 bits per heavy atom. The molecule has 9 heteroatoms. The van der Waals surface area contributed by atoms with E-state index >= 15 is 0 Å². The Hall–Kier alpha value is -2.55. The number of anilines is 1. The summed E-state index contributed by atoms with van der Waals surface area (Å²) in [4.78, 5) is 12.8. The first-order valence-electron chi connectivity index (χ1n) is 8.27. The zero-order valence-corrected chi connectivity index (χ0v) is 17.1. The van der Waals surface area contributed by atoms with Crippen LogP contribution in [-0.4, -0.2) is 46.4 Å². The maximum atomic E-state index is 12.7. The average Bonchev–Trinajstić information content (AvgIpc) is 2.67. The number of hydrogen-bond donors (Lipinski definition) is 1. The maximum Gasteiger partial charge on any atom is 0.255 e. The highest BCUT2D eigenvalue weighted by Crippen LogP contribution is 2.31. The first-order valence-corrected chi connectivity index (χ1v) is 10.1. The first kappa shape index (κ1) is 20.2. The van der Waals surface area contributed by atoms with Crippen LogP contribution in [-0.2, 0) is 14.8 Å². The zero-order chi connectivity index (χ0) is 20.5. The van der Waals surface area contributed by atoms with Crippen LogP contribution in [0.4, 0.5) is 5.69 Å². The third-order valence-electron chi connectivity index (χ3n) is 4.17. The van der Waals surface area contributed by atoms with Crippen LogP contribution in [0.2, 0.25) is 5.02 Å². The number of ether oxygens (including phenoxy) is 2. The number of nitrogens with one attached hydrogen (secondary N) is 1. The van der Waals surface area contributed by atoms with Crippen LogP contribution in [0.1, 0.15) is 5.56 Å². The summed E-state index contributed by atoms with van der Waals surface area (Å²) in [5.41, 5.74) is 1.31. The summed E-state index contributed by atoms with van der Waals surface area (Å²) in [5.74, 6) is 0.549. The standard InChI is InChI=1S/C19H19ClN2O5S/c1-22(2)28(24,25)15-5-7-18(26-3)16(10-15)21-19(23)13-8-12-9-14(20)4-6-17(12)27-11-13/h4-10H,11H2,1-3H3,(H,21,23). The summed E-state index contributed by atoms with van der Waals surface area (Å²) in [7, 11) is 0.650. The van der Waals surface area contributed by atoms with Crippen molar-refractivity contribution < 1.29 is 22.7 Å². The number of fused-ring (bicyclic) bond motifs is 1. The summed E-state index contributed by atoms with van der Waals surface area (Å²) >= 11 is 6.00. The SMILES string of the molecule is COc1ccc(S(=O)(=O)N(C)C)cc1NC(=O)C1=Cc2cc(Cl)ccc2OC1. The summed E-state index contributed by atoms with van der Waals surface area (Å²) in [6, 6.07) is 9.43. The maximum absolute atomic E-state index is 12.7. The van der Waals surface area contributed by atoms with Crippen LogP contribution in [0.15, 0.2) is 46.9 Å². The largest absolute Gasteiger partial charge is 0.495 e. The van der Waals surface area contributed by atoms with Crippen molar-refractivity contribution in [2.75, 3.05) is 33.1 Å². The van der Waals surface area contributed by atoms with Gasteiger partial charge in [-0.25, -0.2) is 12.7 Å². The number of nitrogens with zero attached hydrogens (tertiary/aromatic N) is 1.